The van der Waals surface area contributed by atoms with E-state index in [4.69, 9.17) is 0 Å². The number of rotatable bonds is 0. The highest BCUT2D eigenvalue weighted by molar-refractivity contribution is 5.97. The Balaban J connectivity index is 1.68. The average Bonchev–Trinajstić information content (AvgIpc) is 2.79. The fourth-order valence-corrected chi connectivity index (χ4v) is 6.41. The van der Waals surface area contributed by atoms with Crippen LogP contribution in [0, 0.1) is 34.5 Å². The van der Waals surface area contributed by atoms with Crippen molar-refractivity contribution in [3.05, 3.63) is 12.2 Å². The van der Waals surface area contributed by atoms with Gasteiger partial charge in [-0.15, -0.1) is 0 Å². The van der Waals surface area contributed by atoms with Crippen molar-refractivity contribution in [1.82, 2.24) is 0 Å². The number of aliphatic hydroxyl groups is 1. The summed E-state index contributed by atoms with van der Waals surface area (Å²) in [6, 6.07) is 0. The number of Topliss-reactive ketones (excluding diaryl/α,β-unsaturated/α-hetero) is 1. The molecule has 3 fully saturated rings. The third-order valence-corrected chi connectivity index (χ3v) is 7.83. The van der Waals surface area contributed by atoms with Crippen LogP contribution in [0.5, 0.6) is 0 Å². The summed E-state index contributed by atoms with van der Waals surface area (Å²) in [5, 5.41) is 10.4. The van der Waals surface area contributed by atoms with Gasteiger partial charge in [-0.1, -0.05) is 19.9 Å². The molecule has 0 aromatic heterocycles. The Kier molecular flexibility index (Phi) is 3.01. The Labute approximate surface area is 132 Å². The van der Waals surface area contributed by atoms with E-state index in [-0.39, 0.29) is 22.5 Å². The lowest BCUT2D eigenvalue weighted by Crippen LogP contribution is -2.57. The highest BCUT2D eigenvalue weighted by Crippen LogP contribution is 2.64. The maximum atomic E-state index is 12.3. The van der Waals surface area contributed by atoms with Gasteiger partial charge in [-0.2, -0.15) is 0 Å². The van der Waals surface area contributed by atoms with E-state index >= 15 is 0 Å². The van der Waals surface area contributed by atoms with Crippen LogP contribution in [0.2, 0.25) is 0 Å². The average molecular weight is 302 g/mol. The fraction of sp³-hybridized carbons (Fsp3) is 0.789. The van der Waals surface area contributed by atoms with Crippen LogP contribution in [0.1, 0.15) is 52.4 Å². The minimum absolute atomic E-state index is 0.0394. The van der Waals surface area contributed by atoms with Crippen LogP contribution >= 0.6 is 0 Å². The second kappa shape index (κ2) is 4.53. The van der Waals surface area contributed by atoms with E-state index in [1.807, 2.05) is 0 Å². The Morgan fingerprint density at radius 3 is 2.64 bits per heavy atom. The summed E-state index contributed by atoms with van der Waals surface area (Å²) >= 11 is 0. The van der Waals surface area contributed by atoms with E-state index in [2.05, 4.69) is 19.9 Å². The van der Waals surface area contributed by atoms with Gasteiger partial charge in [0, 0.05) is 11.8 Å². The van der Waals surface area contributed by atoms with Gasteiger partial charge in [-0.25, -0.2) is 0 Å². The smallest absolute Gasteiger partial charge is 0.161 e. The molecule has 0 heterocycles. The van der Waals surface area contributed by atoms with Crippen molar-refractivity contribution in [3.8, 4) is 0 Å². The lowest BCUT2D eigenvalue weighted by Gasteiger charge is -2.59. The molecule has 3 heteroatoms. The number of ketones is 2. The van der Waals surface area contributed by atoms with Gasteiger partial charge in [0.05, 0.1) is 0 Å². The van der Waals surface area contributed by atoms with Gasteiger partial charge in [0.25, 0.3) is 0 Å². The van der Waals surface area contributed by atoms with Gasteiger partial charge in [-0.05, 0) is 67.3 Å². The SMILES string of the molecule is C[C@]12CCC(=O)C(O)C1CC[C@@H]1[C@@H]2CC[C@]2(C)C(=O)C=C[C@@H]12. The third-order valence-electron chi connectivity index (χ3n) is 7.83. The van der Waals surface area contributed by atoms with E-state index in [0.717, 1.165) is 32.1 Å². The van der Waals surface area contributed by atoms with Crippen LogP contribution < -0.4 is 0 Å². The van der Waals surface area contributed by atoms with Gasteiger partial charge in [0.1, 0.15) is 6.10 Å². The first-order chi connectivity index (χ1) is 10.4. The van der Waals surface area contributed by atoms with Crippen LogP contribution in [-0.4, -0.2) is 22.8 Å². The van der Waals surface area contributed by atoms with E-state index in [0.29, 0.717) is 30.0 Å². The monoisotopic (exact) mass is 302 g/mol. The first-order valence-corrected chi connectivity index (χ1v) is 8.81. The minimum atomic E-state index is -0.756. The van der Waals surface area contributed by atoms with Gasteiger partial charge in [0.15, 0.2) is 11.6 Å². The summed E-state index contributed by atoms with van der Waals surface area (Å²) in [5.41, 5.74) is -0.121. The molecule has 0 aromatic rings. The Morgan fingerprint density at radius 2 is 1.86 bits per heavy atom. The quantitative estimate of drug-likeness (QED) is 0.748. The maximum Gasteiger partial charge on any atom is 0.161 e. The summed E-state index contributed by atoms with van der Waals surface area (Å²) in [7, 11) is 0. The van der Waals surface area contributed by atoms with E-state index < -0.39 is 6.10 Å². The molecule has 0 bridgehead atoms. The van der Waals surface area contributed by atoms with Gasteiger partial charge < -0.3 is 5.11 Å². The number of fused-ring (bicyclic) bond motifs is 5. The van der Waals surface area contributed by atoms with Crippen LogP contribution in [0.4, 0.5) is 0 Å². The molecule has 0 saturated heterocycles. The van der Waals surface area contributed by atoms with Crippen molar-refractivity contribution in [2.45, 2.75) is 58.5 Å². The van der Waals surface area contributed by atoms with Crippen LogP contribution in [0.25, 0.3) is 0 Å². The molecule has 4 aliphatic rings. The zero-order valence-electron chi connectivity index (χ0n) is 13.5. The summed E-state index contributed by atoms with van der Waals surface area (Å²) < 4.78 is 0. The van der Waals surface area contributed by atoms with Crippen LogP contribution in [-0.2, 0) is 9.59 Å². The maximum absolute atomic E-state index is 12.3. The normalized spacial score (nSPS) is 53.9. The molecule has 22 heavy (non-hydrogen) atoms. The molecule has 1 N–H and O–H groups in total. The van der Waals surface area contributed by atoms with Crippen molar-refractivity contribution in [2.75, 3.05) is 0 Å². The molecule has 4 aliphatic carbocycles. The van der Waals surface area contributed by atoms with Gasteiger partial charge >= 0.3 is 0 Å². The zero-order chi connectivity index (χ0) is 15.7. The highest BCUT2D eigenvalue weighted by atomic mass is 16.3. The van der Waals surface area contributed by atoms with E-state index in [1.54, 1.807) is 6.08 Å². The summed E-state index contributed by atoms with van der Waals surface area (Å²) in [5.74, 6) is 1.93. The van der Waals surface area contributed by atoms with Crippen molar-refractivity contribution in [2.24, 2.45) is 34.5 Å². The first kappa shape index (κ1) is 14.6. The molecule has 0 amide bonds. The molecule has 3 nitrogen and oxygen atoms in total. The molecular formula is C19H26O3. The van der Waals surface area contributed by atoms with Crippen molar-refractivity contribution in [3.63, 3.8) is 0 Å². The lowest BCUT2D eigenvalue weighted by atomic mass is 9.45. The molecule has 0 radical (unpaired) electrons. The van der Waals surface area contributed by atoms with Crippen molar-refractivity contribution >= 4 is 11.6 Å². The molecule has 0 aliphatic heterocycles. The summed E-state index contributed by atoms with van der Waals surface area (Å²) in [4.78, 5) is 24.2. The number of carbonyl (C=O) groups excluding carboxylic acids is 2. The number of allylic oxidation sites excluding steroid dienone is 2. The topological polar surface area (TPSA) is 54.4 Å². The second-order valence-electron chi connectivity index (χ2n) is 8.58. The largest absolute Gasteiger partial charge is 0.385 e. The Morgan fingerprint density at radius 1 is 1.09 bits per heavy atom. The number of carbonyl (C=O) groups is 2. The first-order valence-electron chi connectivity index (χ1n) is 8.81. The number of aliphatic hydroxyl groups excluding tert-OH is 1. The summed E-state index contributed by atoms with van der Waals surface area (Å²) in [6.45, 7) is 4.44. The van der Waals surface area contributed by atoms with Crippen molar-refractivity contribution in [1.29, 1.82) is 0 Å². The van der Waals surface area contributed by atoms with Gasteiger partial charge in [0.2, 0.25) is 0 Å². The van der Waals surface area contributed by atoms with E-state index in [1.165, 1.54) is 0 Å². The molecule has 2 unspecified atom stereocenters. The van der Waals surface area contributed by atoms with Crippen LogP contribution in [0.3, 0.4) is 0 Å². The second-order valence-corrected chi connectivity index (χ2v) is 8.58. The molecule has 7 atom stereocenters. The van der Waals surface area contributed by atoms with Gasteiger partial charge in [-0.3, -0.25) is 9.59 Å². The molecule has 0 spiro atoms. The van der Waals surface area contributed by atoms with Crippen molar-refractivity contribution < 1.29 is 14.7 Å². The zero-order valence-corrected chi connectivity index (χ0v) is 13.5. The Bertz CT molecular complexity index is 565. The molecule has 120 valence electrons. The Hall–Kier alpha value is -0.960. The molecular weight excluding hydrogens is 276 g/mol. The standard InChI is InChI=1S/C19H26O3/c1-18-10-8-15(20)17(22)14(18)4-3-11-12-5-6-16(21)19(12,2)9-7-13(11)18/h5-6,11-14,17,22H,3-4,7-10H2,1-2H3/t11-,12-,13-,14?,17?,18+,19-/m0/s1. The third kappa shape index (κ3) is 1.66. The molecule has 4 rings (SSSR count). The number of hydrogen-bond donors (Lipinski definition) is 1. The molecule has 3 saturated carbocycles. The van der Waals surface area contributed by atoms with E-state index in [9.17, 15) is 14.7 Å². The minimum Gasteiger partial charge on any atom is -0.385 e. The highest BCUT2D eigenvalue weighted by Gasteiger charge is 2.60. The fourth-order valence-electron chi connectivity index (χ4n) is 6.41. The molecule has 0 aromatic carbocycles. The predicted molar refractivity (Wildman–Crippen MR) is 83.0 cm³/mol. The number of hydrogen-bond acceptors (Lipinski definition) is 3. The summed E-state index contributed by atoms with van der Waals surface area (Å²) in [6.07, 6.45) is 8.65. The predicted octanol–water partition coefficient (Wildman–Crippen LogP) is 2.91. The van der Waals surface area contributed by atoms with Crippen LogP contribution in [0.15, 0.2) is 12.2 Å². The lowest BCUT2D eigenvalue weighted by molar-refractivity contribution is -0.161.